The molecule has 0 bridgehead atoms. The molecule has 0 aliphatic heterocycles. The van der Waals surface area contributed by atoms with Crippen molar-refractivity contribution in [1.29, 1.82) is 0 Å². The van der Waals surface area contributed by atoms with E-state index in [1.807, 2.05) is 24.3 Å². The Hall–Kier alpha value is -3.01. The number of hydrogen-bond donors (Lipinski definition) is 1. The third kappa shape index (κ3) is 9.17. The van der Waals surface area contributed by atoms with Crippen LogP contribution in [0.4, 0.5) is 0 Å². The maximum atomic E-state index is 12.5. The van der Waals surface area contributed by atoms with Crippen LogP contribution >= 0.6 is 11.8 Å². The molecule has 0 saturated heterocycles. The normalized spacial score (nSPS) is 13.6. The van der Waals surface area contributed by atoms with Gasteiger partial charge in [-0.2, -0.15) is 0 Å². The number of hydrogen-bond acceptors (Lipinski definition) is 9. The van der Waals surface area contributed by atoms with Crippen molar-refractivity contribution >= 4 is 35.2 Å². The number of esters is 1. The van der Waals surface area contributed by atoms with Crippen molar-refractivity contribution in [3.63, 3.8) is 0 Å². The highest BCUT2D eigenvalue weighted by molar-refractivity contribution is 8.03. The number of allylic oxidation sites excluding steroid dienone is 4. The molecular formula is C24H27NO7S. The molecule has 0 amide bonds. The molecule has 0 aromatic heterocycles. The highest BCUT2D eigenvalue weighted by atomic mass is 32.2. The van der Waals surface area contributed by atoms with E-state index in [2.05, 4.69) is 9.99 Å². The lowest BCUT2D eigenvalue weighted by Crippen LogP contribution is -2.14. The molecule has 2 rings (SSSR count). The molecule has 176 valence electrons. The predicted octanol–water partition coefficient (Wildman–Crippen LogP) is 3.61. The first-order valence-corrected chi connectivity index (χ1v) is 11.3. The number of rotatable bonds is 12. The molecule has 0 heterocycles. The molecule has 0 unspecified atom stereocenters. The topological polar surface area (TPSA) is 111 Å². The van der Waals surface area contributed by atoms with Gasteiger partial charge in [-0.1, -0.05) is 42.1 Å². The quantitative estimate of drug-likeness (QED) is 0.122. The Bertz CT molecular complexity index is 962. The molecule has 1 aromatic rings. The number of aliphatic hydroxyl groups is 1. The molecule has 0 fully saturated rings. The fraction of sp³-hybridized carbons (Fsp3) is 0.333. The Morgan fingerprint density at radius 3 is 2.52 bits per heavy atom. The van der Waals surface area contributed by atoms with Gasteiger partial charge in [0.2, 0.25) is 5.78 Å². The average Bonchev–Trinajstić information content (AvgIpc) is 3.05. The van der Waals surface area contributed by atoms with Crippen LogP contribution in [-0.4, -0.2) is 55.0 Å². The Morgan fingerprint density at radius 1 is 1.09 bits per heavy atom. The van der Waals surface area contributed by atoms with Gasteiger partial charge in [0, 0.05) is 17.4 Å². The Labute approximate surface area is 197 Å². The second-order valence-electron chi connectivity index (χ2n) is 6.76. The predicted molar refractivity (Wildman–Crippen MR) is 125 cm³/mol. The molecular weight excluding hydrogens is 446 g/mol. The molecule has 0 atom stereocenters. The molecule has 1 aromatic carbocycles. The van der Waals surface area contributed by atoms with Gasteiger partial charge in [0.25, 0.3) is 0 Å². The highest BCUT2D eigenvalue weighted by Gasteiger charge is 2.14. The van der Waals surface area contributed by atoms with Crippen molar-refractivity contribution in [2.24, 2.45) is 5.16 Å². The first-order chi connectivity index (χ1) is 15.9. The van der Waals surface area contributed by atoms with Gasteiger partial charge in [0.15, 0.2) is 0 Å². The molecule has 1 aliphatic carbocycles. The van der Waals surface area contributed by atoms with E-state index in [-0.39, 0.29) is 37.9 Å². The van der Waals surface area contributed by atoms with Gasteiger partial charge in [0.05, 0.1) is 25.4 Å². The largest absolute Gasteiger partial charge is 0.460 e. The zero-order chi connectivity index (χ0) is 24.1. The number of oxime groups is 1. The zero-order valence-electron chi connectivity index (χ0n) is 18.6. The molecule has 8 nitrogen and oxygen atoms in total. The first-order valence-electron chi connectivity index (χ1n) is 10.4. The summed E-state index contributed by atoms with van der Waals surface area (Å²) in [6, 6.07) is 7.07. The lowest BCUT2D eigenvalue weighted by Gasteiger charge is -2.06. The summed E-state index contributed by atoms with van der Waals surface area (Å²) < 4.78 is 10.2. The van der Waals surface area contributed by atoms with Gasteiger partial charge in [-0.3, -0.25) is 4.79 Å². The van der Waals surface area contributed by atoms with Gasteiger partial charge in [-0.25, -0.2) is 9.59 Å². The van der Waals surface area contributed by atoms with Crippen molar-refractivity contribution in [3.8, 4) is 0 Å². The number of thioether (sulfide) groups is 1. The van der Waals surface area contributed by atoms with Crippen LogP contribution in [0.5, 0.6) is 0 Å². The number of carbonyl (C=O) groups is 3. The van der Waals surface area contributed by atoms with Crippen molar-refractivity contribution in [2.45, 2.75) is 31.6 Å². The van der Waals surface area contributed by atoms with E-state index in [0.29, 0.717) is 24.0 Å². The second kappa shape index (κ2) is 14.2. The lowest BCUT2D eigenvalue weighted by atomic mass is 10.1. The molecule has 9 heteroatoms. The third-order valence-electron chi connectivity index (χ3n) is 4.24. The summed E-state index contributed by atoms with van der Waals surface area (Å²) in [5.74, 6) is -1.31. The molecule has 1 aliphatic rings. The smallest absolute Gasteiger partial charge is 0.338 e. The zero-order valence-corrected chi connectivity index (χ0v) is 19.4. The van der Waals surface area contributed by atoms with Crippen molar-refractivity contribution < 1.29 is 33.8 Å². The van der Waals surface area contributed by atoms with Crippen molar-refractivity contribution in [3.05, 3.63) is 64.6 Å². The van der Waals surface area contributed by atoms with Gasteiger partial charge in [0.1, 0.15) is 12.3 Å². The molecule has 1 N–H and O–H groups in total. The minimum atomic E-state index is -0.580. The van der Waals surface area contributed by atoms with Gasteiger partial charge in [-0.05, 0) is 48.1 Å². The van der Waals surface area contributed by atoms with Crippen LogP contribution < -0.4 is 0 Å². The van der Waals surface area contributed by atoms with Crippen LogP contribution in [0.1, 0.15) is 37.0 Å². The van der Waals surface area contributed by atoms with E-state index >= 15 is 0 Å². The number of ketones is 1. The van der Waals surface area contributed by atoms with Crippen LogP contribution in [0.15, 0.2) is 69.1 Å². The summed E-state index contributed by atoms with van der Waals surface area (Å²) in [5, 5.41) is 12.3. The second-order valence-corrected chi connectivity index (χ2v) is 7.96. The Kier molecular flexibility index (Phi) is 11.3. The van der Waals surface area contributed by atoms with E-state index in [9.17, 15) is 14.4 Å². The summed E-state index contributed by atoms with van der Waals surface area (Å²) in [5.41, 5.74) is 1.06. The Balaban J connectivity index is 1.97. The number of benzene rings is 1. The van der Waals surface area contributed by atoms with E-state index in [0.717, 1.165) is 9.80 Å². The highest BCUT2D eigenvalue weighted by Crippen LogP contribution is 2.31. The standard InChI is InChI=1S/C24H27NO7S/c1-3-22(25-32-17(2)27)23(28)18-7-10-21(11-8-18)33-20-6-4-5-19(9-12-20)24(29)31-16-15-30-14-13-26/h4-5,7-12,26H,3,6,13-16H2,1-2H3/b25-22+. The van der Waals surface area contributed by atoms with Crippen molar-refractivity contribution in [1.82, 2.24) is 0 Å². The number of Topliss-reactive ketones (excluding diaryl/α,β-unsaturated/α-hetero) is 1. The van der Waals surface area contributed by atoms with Crippen LogP contribution in [0.3, 0.4) is 0 Å². The first kappa shape index (κ1) is 26.2. The summed E-state index contributed by atoms with van der Waals surface area (Å²) in [4.78, 5) is 42.2. The minimum Gasteiger partial charge on any atom is -0.460 e. The fourth-order valence-corrected chi connectivity index (χ4v) is 3.53. The molecule has 0 saturated carbocycles. The van der Waals surface area contributed by atoms with Crippen LogP contribution in [0.2, 0.25) is 0 Å². The van der Waals surface area contributed by atoms with E-state index in [1.54, 1.807) is 31.2 Å². The number of nitrogens with zero attached hydrogens (tertiary/aromatic N) is 1. The van der Waals surface area contributed by atoms with Crippen molar-refractivity contribution in [2.75, 3.05) is 26.4 Å². The van der Waals surface area contributed by atoms with Crippen LogP contribution in [-0.2, 0) is 23.9 Å². The van der Waals surface area contributed by atoms with E-state index < -0.39 is 11.9 Å². The van der Waals surface area contributed by atoms with Crippen LogP contribution in [0.25, 0.3) is 0 Å². The summed E-state index contributed by atoms with van der Waals surface area (Å²) in [7, 11) is 0. The Morgan fingerprint density at radius 2 is 1.85 bits per heavy atom. The van der Waals surface area contributed by atoms with Crippen LogP contribution in [0, 0.1) is 0 Å². The van der Waals surface area contributed by atoms with Gasteiger partial charge < -0.3 is 19.4 Å². The number of ether oxygens (including phenoxy) is 2. The molecule has 0 spiro atoms. The summed E-state index contributed by atoms with van der Waals surface area (Å²) >= 11 is 1.53. The monoisotopic (exact) mass is 473 g/mol. The van der Waals surface area contributed by atoms with Gasteiger partial charge >= 0.3 is 11.9 Å². The lowest BCUT2D eigenvalue weighted by molar-refractivity contribution is -0.141. The summed E-state index contributed by atoms with van der Waals surface area (Å²) in [6.45, 7) is 3.47. The number of aliphatic hydroxyl groups excluding tert-OH is 1. The fourth-order valence-electron chi connectivity index (χ4n) is 2.64. The minimum absolute atomic E-state index is 0.0732. The maximum absolute atomic E-state index is 12.5. The SMILES string of the molecule is CC/C(=N\OC(C)=O)C(=O)c1ccc(SC2=CC=C(C(=O)OCCOCCO)C=CC2)cc1. The molecule has 0 radical (unpaired) electrons. The maximum Gasteiger partial charge on any atom is 0.338 e. The molecule has 33 heavy (non-hydrogen) atoms. The van der Waals surface area contributed by atoms with E-state index in [1.165, 1.54) is 18.7 Å². The third-order valence-corrected chi connectivity index (χ3v) is 5.32. The average molecular weight is 474 g/mol. The summed E-state index contributed by atoms with van der Waals surface area (Å²) in [6.07, 6.45) is 8.17. The van der Waals surface area contributed by atoms with E-state index in [4.69, 9.17) is 14.6 Å². The van der Waals surface area contributed by atoms with Gasteiger partial charge in [-0.15, -0.1) is 0 Å². The number of carbonyl (C=O) groups excluding carboxylic acids is 3.